The minimum atomic E-state index is -0.0900. The summed E-state index contributed by atoms with van der Waals surface area (Å²) < 4.78 is 0. The number of benzene rings is 2. The van der Waals surface area contributed by atoms with E-state index in [2.05, 4.69) is 11.4 Å². The largest absolute Gasteiger partial charge is 0.387 e. The second-order valence-corrected chi connectivity index (χ2v) is 4.82. The third-order valence-electron chi connectivity index (χ3n) is 3.36. The zero-order valence-electron chi connectivity index (χ0n) is 12.3. The van der Waals surface area contributed by atoms with E-state index in [-0.39, 0.29) is 5.91 Å². The van der Waals surface area contributed by atoms with Gasteiger partial charge in [0, 0.05) is 25.5 Å². The van der Waals surface area contributed by atoms with Crippen molar-refractivity contribution < 1.29 is 4.79 Å². The lowest BCUT2D eigenvalue weighted by Gasteiger charge is -2.19. The molecule has 0 atom stereocenters. The second-order valence-electron chi connectivity index (χ2n) is 4.82. The van der Waals surface area contributed by atoms with Crippen LogP contribution in [0.25, 0.3) is 0 Å². The Morgan fingerprint density at radius 2 is 1.86 bits per heavy atom. The lowest BCUT2D eigenvalue weighted by atomic mass is 10.1. The monoisotopic (exact) mass is 279 g/mol. The van der Waals surface area contributed by atoms with Crippen molar-refractivity contribution in [2.45, 2.75) is 6.92 Å². The summed E-state index contributed by atoms with van der Waals surface area (Å²) in [6.45, 7) is 1.96. The van der Waals surface area contributed by atoms with Gasteiger partial charge in [-0.25, -0.2) is 0 Å². The van der Waals surface area contributed by atoms with Gasteiger partial charge < -0.3 is 10.2 Å². The van der Waals surface area contributed by atoms with E-state index in [0.717, 1.165) is 16.9 Å². The first kappa shape index (κ1) is 14.6. The molecule has 1 amide bonds. The fraction of sp³-hybridized carbons (Fsp3) is 0.176. The fourth-order valence-corrected chi connectivity index (χ4v) is 2.11. The van der Waals surface area contributed by atoms with E-state index in [1.54, 1.807) is 43.3 Å². The number of nitrogens with one attached hydrogen (secondary N) is 1. The van der Waals surface area contributed by atoms with Gasteiger partial charge in [-0.3, -0.25) is 4.79 Å². The van der Waals surface area contributed by atoms with Crippen LogP contribution in [0, 0.1) is 18.3 Å². The molecule has 0 radical (unpaired) electrons. The van der Waals surface area contributed by atoms with Gasteiger partial charge >= 0.3 is 0 Å². The normalized spacial score (nSPS) is 9.81. The molecular formula is C17H17N3O. The number of hydrogen-bond donors (Lipinski definition) is 1. The summed E-state index contributed by atoms with van der Waals surface area (Å²) in [5.41, 5.74) is 3.79. The van der Waals surface area contributed by atoms with Crippen molar-refractivity contribution in [1.82, 2.24) is 0 Å². The molecule has 0 bridgehead atoms. The van der Waals surface area contributed by atoms with Crippen LogP contribution in [0.3, 0.4) is 0 Å². The number of rotatable bonds is 3. The van der Waals surface area contributed by atoms with Crippen LogP contribution < -0.4 is 10.2 Å². The molecule has 0 heterocycles. The molecule has 0 aromatic heterocycles. The Morgan fingerprint density at radius 1 is 1.19 bits per heavy atom. The van der Waals surface area contributed by atoms with Crippen molar-refractivity contribution >= 4 is 17.3 Å². The summed E-state index contributed by atoms with van der Waals surface area (Å²) in [6, 6.07) is 14.7. The van der Waals surface area contributed by atoms with Crippen molar-refractivity contribution in [3.63, 3.8) is 0 Å². The Bertz CT molecular complexity index is 699. The third-order valence-corrected chi connectivity index (χ3v) is 3.36. The summed E-state index contributed by atoms with van der Waals surface area (Å²) in [5, 5.41) is 11.9. The molecule has 0 saturated heterocycles. The molecule has 4 heteroatoms. The molecule has 2 rings (SSSR count). The van der Waals surface area contributed by atoms with Gasteiger partial charge in [0.15, 0.2) is 0 Å². The van der Waals surface area contributed by atoms with E-state index in [4.69, 9.17) is 5.26 Å². The van der Waals surface area contributed by atoms with E-state index in [9.17, 15) is 4.79 Å². The summed E-state index contributed by atoms with van der Waals surface area (Å²) in [5.74, 6) is -0.0900. The van der Waals surface area contributed by atoms with Gasteiger partial charge in [0.2, 0.25) is 0 Å². The molecule has 0 spiro atoms. The zero-order valence-corrected chi connectivity index (χ0v) is 12.3. The van der Waals surface area contributed by atoms with Crippen molar-refractivity contribution in [2.75, 3.05) is 24.3 Å². The van der Waals surface area contributed by atoms with E-state index in [0.29, 0.717) is 11.1 Å². The maximum absolute atomic E-state index is 12.7. The van der Waals surface area contributed by atoms with Crippen LogP contribution in [0.1, 0.15) is 21.5 Å². The Morgan fingerprint density at radius 3 is 2.43 bits per heavy atom. The molecule has 0 unspecified atom stereocenters. The van der Waals surface area contributed by atoms with Crippen molar-refractivity contribution in [1.29, 1.82) is 5.26 Å². The maximum Gasteiger partial charge on any atom is 0.260 e. The number of carbonyl (C=O) groups is 1. The summed E-state index contributed by atoms with van der Waals surface area (Å²) in [7, 11) is 3.52. The van der Waals surface area contributed by atoms with Crippen LogP contribution in [0.15, 0.2) is 42.5 Å². The van der Waals surface area contributed by atoms with Crippen LogP contribution in [-0.2, 0) is 0 Å². The van der Waals surface area contributed by atoms with Gasteiger partial charge in [-0.05, 0) is 43.3 Å². The Balaban J connectivity index is 2.34. The Kier molecular flexibility index (Phi) is 4.24. The first-order chi connectivity index (χ1) is 10.1. The van der Waals surface area contributed by atoms with Gasteiger partial charge in [-0.2, -0.15) is 5.26 Å². The molecule has 0 aliphatic carbocycles. The molecule has 2 aromatic carbocycles. The highest BCUT2D eigenvalue weighted by Gasteiger charge is 2.17. The lowest BCUT2D eigenvalue weighted by Crippen LogP contribution is -2.27. The predicted molar refractivity (Wildman–Crippen MR) is 84.6 cm³/mol. The Labute approximate surface area is 124 Å². The molecule has 106 valence electrons. The average Bonchev–Trinajstić information content (AvgIpc) is 2.53. The maximum atomic E-state index is 12.7. The highest BCUT2D eigenvalue weighted by molar-refractivity contribution is 6.09. The minimum Gasteiger partial charge on any atom is -0.387 e. The van der Waals surface area contributed by atoms with Crippen molar-refractivity contribution in [3.8, 4) is 6.07 Å². The number of anilines is 2. The van der Waals surface area contributed by atoms with Gasteiger partial charge in [-0.1, -0.05) is 11.6 Å². The van der Waals surface area contributed by atoms with E-state index < -0.39 is 0 Å². The number of carbonyl (C=O) groups excluding carboxylic acids is 1. The first-order valence-corrected chi connectivity index (χ1v) is 6.63. The summed E-state index contributed by atoms with van der Waals surface area (Å²) in [6.07, 6.45) is 0. The molecule has 0 aliphatic heterocycles. The minimum absolute atomic E-state index is 0.0900. The molecule has 21 heavy (non-hydrogen) atoms. The van der Waals surface area contributed by atoms with Gasteiger partial charge in [0.1, 0.15) is 0 Å². The summed E-state index contributed by atoms with van der Waals surface area (Å²) in [4.78, 5) is 14.2. The van der Waals surface area contributed by atoms with Crippen LogP contribution in [0.4, 0.5) is 11.4 Å². The van der Waals surface area contributed by atoms with Gasteiger partial charge in [0.25, 0.3) is 5.91 Å². The zero-order chi connectivity index (χ0) is 15.4. The van der Waals surface area contributed by atoms with Crippen LogP contribution in [-0.4, -0.2) is 20.0 Å². The molecule has 2 aromatic rings. The number of hydrogen-bond acceptors (Lipinski definition) is 3. The van der Waals surface area contributed by atoms with Crippen LogP contribution in [0.5, 0.6) is 0 Å². The fourth-order valence-electron chi connectivity index (χ4n) is 2.11. The first-order valence-electron chi connectivity index (χ1n) is 6.63. The molecular weight excluding hydrogens is 262 g/mol. The van der Waals surface area contributed by atoms with Crippen molar-refractivity contribution in [2.24, 2.45) is 0 Å². The van der Waals surface area contributed by atoms with Crippen molar-refractivity contribution in [3.05, 3.63) is 59.2 Å². The third kappa shape index (κ3) is 3.03. The highest BCUT2D eigenvalue weighted by atomic mass is 16.2. The number of nitrogens with zero attached hydrogens (tertiary/aromatic N) is 2. The molecule has 4 nitrogen and oxygen atoms in total. The number of amides is 1. The quantitative estimate of drug-likeness (QED) is 0.938. The average molecular weight is 279 g/mol. The van der Waals surface area contributed by atoms with Gasteiger partial charge in [0.05, 0.1) is 17.2 Å². The molecule has 0 fully saturated rings. The standard InChI is InChI=1S/C17H17N3O/c1-12-4-9-16(19-2)15(10-12)17(21)20(3)14-7-5-13(11-18)6-8-14/h4-10,19H,1-3H3. The molecule has 0 aliphatic rings. The van der Waals surface area contributed by atoms with Crippen LogP contribution >= 0.6 is 0 Å². The summed E-state index contributed by atoms with van der Waals surface area (Å²) >= 11 is 0. The molecule has 1 N–H and O–H groups in total. The number of aryl methyl sites for hydroxylation is 1. The van der Waals surface area contributed by atoms with Crippen LogP contribution in [0.2, 0.25) is 0 Å². The van der Waals surface area contributed by atoms with E-state index in [1.165, 1.54) is 0 Å². The second kappa shape index (κ2) is 6.10. The number of nitriles is 1. The Hall–Kier alpha value is -2.80. The molecule has 0 saturated carbocycles. The predicted octanol–water partition coefficient (Wildman–Crippen LogP) is 3.19. The topological polar surface area (TPSA) is 56.1 Å². The highest BCUT2D eigenvalue weighted by Crippen LogP contribution is 2.22. The van der Waals surface area contributed by atoms with E-state index in [1.807, 2.05) is 25.1 Å². The van der Waals surface area contributed by atoms with Gasteiger partial charge in [-0.15, -0.1) is 0 Å². The smallest absolute Gasteiger partial charge is 0.260 e. The van der Waals surface area contributed by atoms with E-state index >= 15 is 0 Å². The SMILES string of the molecule is CNc1ccc(C)cc1C(=O)N(C)c1ccc(C#N)cc1. The lowest BCUT2D eigenvalue weighted by molar-refractivity contribution is 0.0993.